The first kappa shape index (κ1) is 17.0. The summed E-state index contributed by atoms with van der Waals surface area (Å²) in [5, 5.41) is 11.4. The summed E-state index contributed by atoms with van der Waals surface area (Å²) >= 11 is 3.18. The number of carbonyl (C=O) groups excluding carboxylic acids is 1. The average molecular weight is 385 g/mol. The summed E-state index contributed by atoms with van der Waals surface area (Å²) in [6, 6.07) is 5.06. The zero-order chi connectivity index (χ0) is 17.0. The van der Waals surface area contributed by atoms with E-state index in [1.54, 1.807) is 12.1 Å². The van der Waals surface area contributed by atoms with Gasteiger partial charge >= 0.3 is 5.97 Å². The Hall–Kier alpha value is -2.35. The number of rotatable bonds is 5. The van der Waals surface area contributed by atoms with Gasteiger partial charge in [-0.2, -0.15) is 0 Å². The molecule has 1 amide bonds. The van der Waals surface area contributed by atoms with Gasteiger partial charge in [0.2, 0.25) is 0 Å². The Morgan fingerprint density at radius 3 is 2.65 bits per heavy atom. The minimum atomic E-state index is -1.32. The third kappa shape index (κ3) is 4.10. The lowest BCUT2D eigenvalue weighted by molar-refractivity contribution is -0.139. The van der Waals surface area contributed by atoms with Crippen molar-refractivity contribution in [1.82, 2.24) is 10.3 Å². The second kappa shape index (κ2) is 7.28. The molecule has 0 bridgehead atoms. The molecule has 0 fully saturated rings. The van der Waals surface area contributed by atoms with E-state index in [1.807, 2.05) is 0 Å². The Labute approximate surface area is 138 Å². The highest BCUT2D eigenvalue weighted by molar-refractivity contribution is 9.10. The Morgan fingerprint density at radius 2 is 2.00 bits per heavy atom. The fourth-order valence-corrected chi connectivity index (χ4v) is 2.32. The van der Waals surface area contributed by atoms with Crippen LogP contribution in [0.3, 0.4) is 0 Å². The van der Waals surface area contributed by atoms with E-state index in [0.717, 1.165) is 12.1 Å². The normalized spacial score (nSPS) is 11.8. The van der Waals surface area contributed by atoms with E-state index in [-0.39, 0.29) is 6.42 Å². The lowest BCUT2D eigenvalue weighted by Crippen LogP contribution is -2.42. The fraction of sp³-hybridized carbons (Fsp3) is 0.133. The van der Waals surface area contributed by atoms with Crippen LogP contribution in [0, 0.1) is 11.6 Å². The van der Waals surface area contributed by atoms with Crippen molar-refractivity contribution in [2.24, 2.45) is 0 Å². The number of pyridine rings is 1. The summed E-state index contributed by atoms with van der Waals surface area (Å²) in [5.41, 5.74) is 0.00131. The highest BCUT2D eigenvalue weighted by atomic mass is 79.9. The van der Waals surface area contributed by atoms with E-state index < -0.39 is 35.1 Å². The van der Waals surface area contributed by atoms with Gasteiger partial charge in [-0.1, -0.05) is 12.1 Å². The number of carboxylic acid groups (broad SMARTS) is 1. The van der Waals surface area contributed by atoms with Crippen LogP contribution < -0.4 is 5.32 Å². The van der Waals surface area contributed by atoms with Crippen molar-refractivity contribution in [1.29, 1.82) is 0 Å². The van der Waals surface area contributed by atoms with Gasteiger partial charge in [0.15, 0.2) is 11.6 Å². The number of aromatic nitrogens is 1. The third-order valence-electron chi connectivity index (χ3n) is 3.06. The molecule has 0 spiro atoms. The van der Waals surface area contributed by atoms with Gasteiger partial charge in [-0.05, 0) is 39.7 Å². The van der Waals surface area contributed by atoms with E-state index in [9.17, 15) is 23.5 Å². The number of halogens is 3. The second-order valence-electron chi connectivity index (χ2n) is 4.62. The zero-order valence-electron chi connectivity index (χ0n) is 11.6. The van der Waals surface area contributed by atoms with Crippen molar-refractivity contribution in [2.75, 3.05) is 0 Å². The molecule has 8 heteroatoms. The van der Waals surface area contributed by atoms with Crippen molar-refractivity contribution in [2.45, 2.75) is 12.5 Å². The van der Waals surface area contributed by atoms with Crippen molar-refractivity contribution in [3.63, 3.8) is 0 Å². The van der Waals surface area contributed by atoms with Crippen molar-refractivity contribution >= 4 is 27.8 Å². The third-order valence-corrected chi connectivity index (χ3v) is 3.77. The van der Waals surface area contributed by atoms with E-state index in [0.29, 0.717) is 10.2 Å². The number of benzene rings is 1. The number of amides is 1. The Kier molecular flexibility index (Phi) is 5.38. The maximum Gasteiger partial charge on any atom is 0.326 e. The summed E-state index contributed by atoms with van der Waals surface area (Å²) in [4.78, 5) is 27.3. The van der Waals surface area contributed by atoms with E-state index >= 15 is 0 Å². The predicted octanol–water partition coefficient (Wildman–Crippen LogP) is 2.55. The maximum absolute atomic E-state index is 13.6. The summed E-state index contributed by atoms with van der Waals surface area (Å²) in [6.07, 6.45) is 1.45. The van der Waals surface area contributed by atoms with Crippen LogP contribution in [0.2, 0.25) is 0 Å². The number of nitrogens with one attached hydrogen (secondary N) is 1. The molecule has 1 aromatic heterocycles. The largest absolute Gasteiger partial charge is 0.480 e. The van der Waals surface area contributed by atoms with Crippen LogP contribution in [0.5, 0.6) is 0 Å². The highest BCUT2D eigenvalue weighted by Crippen LogP contribution is 2.16. The van der Waals surface area contributed by atoms with Crippen molar-refractivity contribution in [3.05, 3.63) is 63.9 Å². The molecule has 23 heavy (non-hydrogen) atoms. The van der Waals surface area contributed by atoms with Gasteiger partial charge in [0.05, 0.1) is 5.56 Å². The Morgan fingerprint density at radius 1 is 1.26 bits per heavy atom. The SMILES string of the molecule is O=C(N[C@H](Cc1cccnc1Br)C(=O)O)c1cccc(F)c1F. The first-order valence-electron chi connectivity index (χ1n) is 6.47. The van der Waals surface area contributed by atoms with Gasteiger partial charge in [-0.25, -0.2) is 18.6 Å². The van der Waals surface area contributed by atoms with Gasteiger partial charge in [0.1, 0.15) is 10.6 Å². The number of hydrogen-bond acceptors (Lipinski definition) is 3. The lowest BCUT2D eigenvalue weighted by Gasteiger charge is -2.15. The van der Waals surface area contributed by atoms with Crippen LogP contribution in [-0.2, 0) is 11.2 Å². The zero-order valence-corrected chi connectivity index (χ0v) is 13.2. The smallest absolute Gasteiger partial charge is 0.326 e. The summed E-state index contributed by atoms with van der Waals surface area (Å²) in [6.45, 7) is 0. The van der Waals surface area contributed by atoms with E-state index in [2.05, 4.69) is 26.2 Å². The van der Waals surface area contributed by atoms with E-state index in [4.69, 9.17) is 0 Å². The molecule has 1 heterocycles. The topological polar surface area (TPSA) is 79.3 Å². The molecule has 0 radical (unpaired) electrons. The van der Waals surface area contributed by atoms with Crippen LogP contribution in [0.4, 0.5) is 8.78 Å². The highest BCUT2D eigenvalue weighted by Gasteiger charge is 2.24. The molecule has 1 atom stereocenters. The molecule has 0 saturated carbocycles. The Balaban J connectivity index is 2.20. The number of hydrogen-bond donors (Lipinski definition) is 2. The van der Waals surface area contributed by atoms with Gasteiger partial charge in [0, 0.05) is 12.6 Å². The van der Waals surface area contributed by atoms with Crippen LogP contribution in [0.25, 0.3) is 0 Å². The summed E-state index contributed by atoms with van der Waals surface area (Å²) in [7, 11) is 0. The van der Waals surface area contributed by atoms with Gasteiger partial charge in [-0.15, -0.1) is 0 Å². The van der Waals surface area contributed by atoms with Gasteiger partial charge in [0.25, 0.3) is 5.91 Å². The number of nitrogens with zero attached hydrogens (tertiary/aromatic N) is 1. The number of aliphatic carboxylic acids is 1. The molecule has 0 aliphatic heterocycles. The monoisotopic (exact) mass is 384 g/mol. The Bertz CT molecular complexity index is 755. The van der Waals surface area contributed by atoms with Crippen LogP contribution in [0.1, 0.15) is 15.9 Å². The fourth-order valence-electron chi connectivity index (χ4n) is 1.91. The molecular formula is C15H11BrF2N2O3. The molecule has 1 aromatic carbocycles. The van der Waals surface area contributed by atoms with Crippen LogP contribution in [0.15, 0.2) is 41.1 Å². The maximum atomic E-state index is 13.6. The van der Waals surface area contributed by atoms with Gasteiger partial charge in [-0.3, -0.25) is 4.79 Å². The summed E-state index contributed by atoms with van der Waals surface area (Å²) in [5.74, 6) is -4.81. The minimum absolute atomic E-state index is 0.0631. The minimum Gasteiger partial charge on any atom is -0.480 e. The standard InChI is InChI=1S/C15H11BrF2N2O3/c16-13-8(3-2-6-19-13)7-11(15(22)23)20-14(21)9-4-1-5-10(17)12(9)18/h1-6,11H,7H2,(H,20,21)(H,22,23)/t11-/m1/s1. The summed E-state index contributed by atoms with van der Waals surface area (Å²) < 4.78 is 27.2. The van der Waals surface area contributed by atoms with Crippen LogP contribution in [-0.4, -0.2) is 28.0 Å². The first-order valence-corrected chi connectivity index (χ1v) is 7.26. The molecule has 120 valence electrons. The quantitative estimate of drug-likeness (QED) is 0.776. The molecule has 0 aliphatic carbocycles. The molecule has 2 N–H and O–H groups in total. The lowest BCUT2D eigenvalue weighted by atomic mass is 10.1. The molecule has 0 unspecified atom stereocenters. The number of carboxylic acids is 1. The van der Waals surface area contributed by atoms with E-state index in [1.165, 1.54) is 12.3 Å². The molecule has 2 aromatic rings. The molecule has 0 saturated heterocycles. The number of carbonyl (C=O) groups is 2. The predicted molar refractivity (Wildman–Crippen MR) is 80.9 cm³/mol. The first-order chi connectivity index (χ1) is 10.9. The average Bonchev–Trinajstić information content (AvgIpc) is 2.51. The van der Waals surface area contributed by atoms with Crippen molar-refractivity contribution in [3.8, 4) is 0 Å². The van der Waals surface area contributed by atoms with Crippen LogP contribution >= 0.6 is 15.9 Å². The van der Waals surface area contributed by atoms with Crippen molar-refractivity contribution < 1.29 is 23.5 Å². The second-order valence-corrected chi connectivity index (χ2v) is 5.37. The molecule has 2 rings (SSSR count). The van der Waals surface area contributed by atoms with Gasteiger partial charge < -0.3 is 10.4 Å². The molecule has 5 nitrogen and oxygen atoms in total. The molecule has 0 aliphatic rings. The molecular weight excluding hydrogens is 374 g/mol.